The molecule has 0 saturated heterocycles. The Morgan fingerprint density at radius 1 is 1.45 bits per heavy atom. The molecule has 0 aliphatic rings. The van der Waals surface area contributed by atoms with Crippen LogP contribution >= 0.6 is 0 Å². The number of nitrogens with zero attached hydrogens (tertiary/aromatic N) is 3. The Bertz CT molecular complexity index is 475. The number of hydrogen-bond acceptors (Lipinski definition) is 4. The van der Waals surface area contributed by atoms with Gasteiger partial charge in [0.2, 0.25) is 5.91 Å². The van der Waals surface area contributed by atoms with Crippen LogP contribution in [0.15, 0.2) is 29.7 Å². The van der Waals surface area contributed by atoms with Gasteiger partial charge in [-0.3, -0.25) is 9.78 Å². The fourth-order valence-electron chi connectivity index (χ4n) is 1.94. The number of pyridine rings is 1. The van der Waals surface area contributed by atoms with Crippen LogP contribution in [-0.2, 0) is 11.3 Å². The molecule has 0 fully saturated rings. The van der Waals surface area contributed by atoms with Gasteiger partial charge in [0.1, 0.15) is 5.41 Å². The number of nitrogens with two attached hydrogens (primary N) is 1. The van der Waals surface area contributed by atoms with Crippen LogP contribution in [0.5, 0.6) is 0 Å². The van der Waals surface area contributed by atoms with Crippen molar-refractivity contribution in [3.63, 3.8) is 0 Å². The molecular weight excluding hydrogens is 256 g/mol. The first-order valence-electron chi connectivity index (χ1n) is 6.65. The molecule has 6 nitrogen and oxygen atoms in total. The third-order valence-corrected chi connectivity index (χ3v) is 3.64. The van der Waals surface area contributed by atoms with Crippen LogP contribution in [0.2, 0.25) is 0 Å². The Morgan fingerprint density at radius 2 is 2.05 bits per heavy atom. The summed E-state index contributed by atoms with van der Waals surface area (Å²) in [5, 5.41) is 11.9. The van der Waals surface area contributed by atoms with E-state index in [9.17, 15) is 4.79 Å². The van der Waals surface area contributed by atoms with E-state index in [1.165, 1.54) is 0 Å². The lowest BCUT2D eigenvalue weighted by Gasteiger charge is -2.32. The van der Waals surface area contributed by atoms with Crippen LogP contribution in [0, 0.1) is 5.41 Å². The zero-order chi connectivity index (χ0) is 15.2. The molecule has 6 heteroatoms. The summed E-state index contributed by atoms with van der Waals surface area (Å²) in [6.45, 7) is 6.47. The standard InChI is InChI=1S/C14H22N4O2/c1-4-14(3,12(15)17-20)13(19)18(5-2)10-11-6-8-16-9-7-11/h6-9,20H,4-5,10H2,1-3H3,(H2,15,17). The summed E-state index contributed by atoms with van der Waals surface area (Å²) < 4.78 is 0. The molecule has 0 aromatic carbocycles. The van der Waals surface area contributed by atoms with Crippen molar-refractivity contribution in [2.24, 2.45) is 16.3 Å². The first-order chi connectivity index (χ1) is 9.49. The van der Waals surface area contributed by atoms with Crippen molar-refractivity contribution in [1.82, 2.24) is 9.88 Å². The fraction of sp³-hybridized carbons (Fsp3) is 0.500. The van der Waals surface area contributed by atoms with Crippen molar-refractivity contribution in [3.8, 4) is 0 Å². The van der Waals surface area contributed by atoms with Crippen molar-refractivity contribution >= 4 is 11.7 Å². The van der Waals surface area contributed by atoms with E-state index < -0.39 is 5.41 Å². The Labute approximate surface area is 119 Å². The van der Waals surface area contributed by atoms with Crippen molar-refractivity contribution < 1.29 is 10.0 Å². The summed E-state index contributed by atoms with van der Waals surface area (Å²) in [4.78, 5) is 18.3. The number of aromatic nitrogens is 1. The van der Waals surface area contributed by atoms with Gasteiger partial charge in [-0.05, 0) is 38.0 Å². The highest BCUT2D eigenvalue weighted by molar-refractivity contribution is 6.06. The molecule has 0 aliphatic carbocycles. The predicted octanol–water partition coefficient (Wildman–Crippen LogP) is 1.59. The molecule has 1 atom stereocenters. The van der Waals surface area contributed by atoms with Crippen LogP contribution in [0.3, 0.4) is 0 Å². The van der Waals surface area contributed by atoms with Crippen LogP contribution in [0.4, 0.5) is 0 Å². The van der Waals surface area contributed by atoms with E-state index in [1.807, 2.05) is 26.0 Å². The molecule has 20 heavy (non-hydrogen) atoms. The topological polar surface area (TPSA) is 91.8 Å². The minimum absolute atomic E-state index is 0.0572. The van der Waals surface area contributed by atoms with Crippen molar-refractivity contribution in [3.05, 3.63) is 30.1 Å². The van der Waals surface area contributed by atoms with Gasteiger partial charge in [0, 0.05) is 25.5 Å². The van der Waals surface area contributed by atoms with Crippen LogP contribution < -0.4 is 5.73 Å². The van der Waals surface area contributed by atoms with Crippen molar-refractivity contribution in [2.75, 3.05) is 6.54 Å². The Hall–Kier alpha value is -2.11. The molecule has 1 unspecified atom stereocenters. The molecule has 1 heterocycles. The number of hydrogen-bond donors (Lipinski definition) is 2. The van der Waals surface area contributed by atoms with Gasteiger partial charge < -0.3 is 15.8 Å². The van der Waals surface area contributed by atoms with Gasteiger partial charge in [-0.2, -0.15) is 0 Å². The van der Waals surface area contributed by atoms with Gasteiger partial charge in [-0.15, -0.1) is 0 Å². The summed E-state index contributed by atoms with van der Waals surface area (Å²) >= 11 is 0. The highest BCUT2D eigenvalue weighted by Crippen LogP contribution is 2.25. The second-order valence-electron chi connectivity index (χ2n) is 4.85. The molecular formula is C14H22N4O2. The molecule has 1 aromatic heterocycles. The van der Waals surface area contributed by atoms with Crippen LogP contribution in [0.25, 0.3) is 0 Å². The number of rotatable bonds is 6. The first kappa shape index (κ1) is 15.9. The highest BCUT2D eigenvalue weighted by atomic mass is 16.4. The van der Waals surface area contributed by atoms with Crippen molar-refractivity contribution in [2.45, 2.75) is 33.7 Å². The smallest absolute Gasteiger partial charge is 0.236 e. The Balaban J connectivity index is 2.97. The normalized spacial score (nSPS) is 14.7. The molecule has 0 spiro atoms. The molecule has 0 bridgehead atoms. The first-order valence-corrected chi connectivity index (χ1v) is 6.65. The second kappa shape index (κ2) is 6.88. The average Bonchev–Trinajstić information content (AvgIpc) is 2.51. The minimum Gasteiger partial charge on any atom is -0.409 e. The lowest BCUT2D eigenvalue weighted by Crippen LogP contribution is -2.49. The SMILES string of the molecule is CCN(Cc1ccncc1)C(=O)C(C)(CC)/C(N)=N/O. The van der Waals surface area contributed by atoms with Crippen LogP contribution in [-0.4, -0.2) is 33.4 Å². The number of carbonyl (C=O) groups excluding carboxylic acids is 1. The zero-order valence-corrected chi connectivity index (χ0v) is 12.2. The largest absolute Gasteiger partial charge is 0.409 e. The maximum absolute atomic E-state index is 12.7. The maximum atomic E-state index is 12.7. The lowest BCUT2D eigenvalue weighted by atomic mass is 9.84. The van der Waals surface area contributed by atoms with Gasteiger partial charge in [0.15, 0.2) is 5.84 Å². The number of oxime groups is 1. The van der Waals surface area contributed by atoms with E-state index in [4.69, 9.17) is 10.9 Å². The Kier molecular flexibility index (Phi) is 5.49. The molecule has 0 aliphatic heterocycles. The average molecular weight is 278 g/mol. The minimum atomic E-state index is -0.988. The van der Waals surface area contributed by atoms with Gasteiger partial charge in [-0.25, -0.2) is 0 Å². The van der Waals surface area contributed by atoms with E-state index in [-0.39, 0.29) is 11.7 Å². The molecule has 0 radical (unpaired) electrons. The fourth-order valence-corrected chi connectivity index (χ4v) is 1.94. The third-order valence-electron chi connectivity index (χ3n) is 3.64. The third kappa shape index (κ3) is 3.26. The molecule has 1 amide bonds. The molecule has 1 rings (SSSR count). The number of carbonyl (C=O) groups is 1. The van der Waals surface area contributed by atoms with E-state index in [1.54, 1.807) is 24.2 Å². The van der Waals surface area contributed by atoms with E-state index in [0.717, 1.165) is 5.56 Å². The summed E-state index contributed by atoms with van der Waals surface area (Å²) in [6.07, 6.45) is 3.85. The van der Waals surface area contributed by atoms with Gasteiger partial charge in [0.25, 0.3) is 0 Å². The number of amides is 1. The quantitative estimate of drug-likeness (QED) is 0.358. The Morgan fingerprint density at radius 3 is 2.50 bits per heavy atom. The van der Waals surface area contributed by atoms with Crippen molar-refractivity contribution in [1.29, 1.82) is 0 Å². The van der Waals surface area contributed by atoms with Gasteiger partial charge >= 0.3 is 0 Å². The van der Waals surface area contributed by atoms with Gasteiger partial charge in [0.05, 0.1) is 0 Å². The van der Waals surface area contributed by atoms with E-state index in [0.29, 0.717) is 19.5 Å². The summed E-state index contributed by atoms with van der Waals surface area (Å²) in [7, 11) is 0. The second-order valence-corrected chi connectivity index (χ2v) is 4.85. The molecule has 1 aromatic rings. The summed E-state index contributed by atoms with van der Waals surface area (Å²) in [5.74, 6) is -0.201. The molecule has 110 valence electrons. The summed E-state index contributed by atoms with van der Waals surface area (Å²) in [5.41, 5.74) is 5.70. The summed E-state index contributed by atoms with van der Waals surface area (Å²) in [6, 6.07) is 3.73. The van der Waals surface area contributed by atoms with E-state index >= 15 is 0 Å². The maximum Gasteiger partial charge on any atom is 0.236 e. The lowest BCUT2D eigenvalue weighted by molar-refractivity contribution is -0.138. The molecule has 3 N–H and O–H groups in total. The highest BCUT2D eigenvalue weighted by Gasteiger charge is 2.39. The monoisotopic (exact) mass is 278 g/mol. The van der Waals surface area contributed by atoms with Crippen LogP contribution in [0.1, 0.15) is 32.8 Å². The number of amidine groups is 1. The zero-order valence-electron chi connectivity index (χ0n) is 12.2. The predicted molar refractivity (Wildman–Crippen MR) is 77.1 cm³/mol. The van der Waals surface area contributed by atoms with Gasteiger partial charge in [-0.1, -0.05) is 12.1 Å². The molecule has 0 saturated carbocycles. The van der Waals surface area contributed by atoms with E-state index in [2.05, 4.69) is 10.1 Å².